The van der Waals surface area contributed by atoms with Crippen molar-refractivity contribution in [3.63, 3.8) is 0 Å². The Labute approximate surface area is 172 Å². The Bertz CT molecular complexity index is 1000. The maximum absolute atomic E-state index is 12.4. The van der Waals surface area contributed by atoms with Gasteiger partial charge in [-0.1, -0.05) is 36.4 Å². The number of para-hydroxylation sites is 2. The Morgan fingerprint density at radius 2 is 1.79 bits per heavy atom. The zero-order valence-corrected chi connectivity index (χ0v) is 17.3. The quantitative estimate of drug-likeness (QED) is 0.601. The third-order valence-electron chi connectivity index (χ3n) is 4.54. The van der Waals surface area contributed by atoms with Gasteiger partial charge in [0.1, 0.15) is 5.75 Å². The number of rotatable bonds is 7. The molecule has 0 aliphatic carbocycles. The van der Waals surface area contributed by atoms with Crippen molar-refractivity contribution in [1.29, 1.82) is 0 Å². The maximum Gasteiger partial charge on any atom is 0.244 e. The molecule has 29 heavy (non-hydrogen) atoms. The van der Waals surface area contributed by atoms with Crippen LogP contribution in [0.15, 0.2) is 60.7 Å². The lowest BCUT2D eigenvalue weighted by Gasteiger charge is -2.14. The van der Waals surface area contributed by atoms with Crippen LogP contribution < -0.4 is 10.1 Å². The molecule has 0 atom stereocenters. The molecule has 1 aromatic heterocycles. The van der Waals surface area contributed by atoms with Crippen LogP contribution in [0.1, 0.15) is 36.4 Å². The summed E-state index contributed by atoms with van der Waals surface area (Å²) in [6.45, 7) is 8.33. The van der Waals surface area contributed by atoms with Crippen LogP contribution in [0.3, 0.4) is 0 Å². The van der Waals surface area contributed by atoms with Crippen LogP contribution in [0.2, 0.25) is 0 Å². The Hall–Kier alpha value is -3.34. The van der Waals surface area contributed by atoms with Crippen LogP contribution in [0.25, 0.3) is 11.8 Å². The summed E-state index contributed by atoms with van der Waals surface area (Å²) in [6.07, 6.45) is 3.46. The topological polar surface area (TPSA) is 56.2 Å². The molecule has 0 bridgehead atoms. The van der Waals surface area contributed by atoms with E-state index in [0.717, 1.165) is 34.0 Å². The summed E-state index contributed by atoms with van der Waals surface area (Å²) >= 11 is 0. The molecule has 0 spiro atoms. The van der Waals surface area contributed by atoms with Crippen LogP contribution in [0.4, 0.5) is 0 Å². The number of benzene rings is 2. The molecule has 150 valence electrons. The highest BCUT2D eigenvalue weighted by Gasteiger charge is 2.11. The minimum atomic E-state index is -0.157. The molecule has 1 N–H and O–H groups in total. The van der Waals surface area contributed by atoms with Crippen molar-refractivity contribution in [2.45, 2.75) is 40.3 Å². The van der Waals surface area contributed by atoms with Crippen LogP contribution >= 0.6 is 0 Å². The zero-order valence-electron chi connectivity index (χ0n) is 17.3. The van der Waals surface area contributed by atoms with Gasteiger partial charge in [-0.2, -0.15) is 5.10 Å². The molecule has 1 heterocycles. The van der Waals surface area contributed by atoms with Crippen LogP contribution in [-0.2, 0) is 11.3 Å². The van der Waals surface area contributed by atoms with Gasteiger partial charge in [-0.05, 0) is 52.0 Å². The number of hydrogen-bond acceptors (Lipinski definition) is 3. The highest BCUT2D eigenvalue weighted by Crippen LogP contribution is 2.20. The van der Waals surface area contributed by atoms with E-state index < -0.39 is 0 Å². The molecule has 5 heteroatoms. The third kappa shape index (κ3) is 5.13. The smallest absolute Gasteiger partial charge is 0.244 e. The van der Waals surface area contributed by atoms with Gasteiger partial charge in [-0.3, -0.25) is 4.79 Å². The summed E-state index contributed by atoms with van der Waals surface area (Å²) < 4.78 is 7.70. The van der Waals surface area contributed by atoms with E-state index in [1.807, 2.05) is 93.1 Å². The van der Waals surface area contributed by atoms with Gasteiger partial charge < -0.3 is 10.1 Å². The fraction of sp³-hybridized carbons (Fsp3) is 0.250. The lowest BCUT2D eigenvalue weighted by atomic mass is 10.1. The number of carbonyl (C=O) groups excluding carboxylic acids is 1. The van der Waals surface area contributed by atoms with Gasteiger partial charge >= 0.3 is 0 Å². The Morgan fingerprint density at radius 1 is 1.10 bits per heavy atom. The van der Waals surface area contributed by atoms with Crippen molar-refractivity contribution in [2.24, 2.45) is 0 Å². The maximum atomic E-state index is 12.4. The first-order chi connectivity index (χ1) is 14.0. The molecule has 0 saturated heterocycles. The number of ether oxygens (including phenoxy) is 1. The SMILES string of the molecule is Cc1nn(-c2ccccc2)c(C)c1C=CC(=O)NCc1ccccc1OC(C)C. The van der Waals surface area contributed by atoms with Crippen LogP contribution in [-0.4, -0.2) is 21.8 Å². The lowest BCUT2D eigenvalue weighted by Crippen LogP contribution is -2.21. The van der Waals surface area contributed by atoms with Gasteiger partial charge in [-0.25, -0.2) is 4.68 Å². The molecule has 0 unspecified atom stereocenters. The molecular weight excluding hydrogens is 362 g/mol. The number of aromatic nitrogens is 2. The van der Waals surface area contributed by atoms with Gasteiger partial charge in [0.2, 0.25) is 5.91 Å². The summed E-state index contributed by atoms with van der Waals surface area (Å²) in [5, 5.41) is 7.54. The minimum absolute atomic E-state index is 0.0823. The minimum Gasteiger partial charge on any atom is -0.491 e. The lowest BCUT2D eigenvalue weighted by molar-refractivity contribution is -0.116. The predicted octanol–water partition coefficient (Wildman–Crippen LogP) is 4.61. The molecule has 0 radical (unpaired) electrons. The average molecular weight is 389 g/mol. The van der Waals surface area contributed by atoms with E-state index in [-0.39, 0.29) is 12.0 Å². The van der Waals surface area contributed by atoms with Crippen molar-refractivity contribution in [1.82, 2.24) is 15.1 Å². The molecule has 0 saturated carbocycles. The molecule has 2 aromatic carbocycles. The van der Waals surface area contributed by atoms with Gasteiger partial charge in [0.25, 0.3) is 0 Å². The molecule has 1 amide bonds. The molecule has 5 nitrogen and oxygen atoms in total. The molecular formula is C24H27N3O2. The van der Waals surface area contributed by atoms with Crippen molar-refractivity contribution in [3.8, 4) is 11.4 Å². The summed E-state index contributed by atoms with van der Waals surface area (Å²) in [5.74, 6) is 0.637. The van der Waals surface area contributed by atoms with E-state index in [9.17, 15) is 4.79 Å². The summed E-state index contributed by atoms with van der Waals surface area (Å²) in [7, 11) is 0. The fourth-order valence-corrected chi connectivity index (χ4v) is 3.14. The van der Waals surface area contributed by atoms with E-state index in [1.165, 1.54) is 0 Å². The van der Waals surface area contributed by atoms with Gasteiger partial charge in [-0.15, -0.1) is 0 Å². The number of aryl methyl sites for hydroxylation is 1. The highest BCUT2D eigenvalue weighted by molar-refractivity contribution is 5.92. The first-order valence-corrected chi connectivity index (χ1v) is 9.78. The second kappa shape index (κ2) is 9.24. The van der Waals surface area contributed by atoms with Crippen molar-refractivity contribution >= 4 is 12.0 Å². The highest BCUT2D eigenvalue weighted by atomic mass is 16.5. The standard InChI is InChI=1S/C24H27N3O2/c1-17(2)29-23-13-9-8-10-20(23)16-25-24(28)15-14-22-18(3)26-27(19(22)4)21-11-6-5-7-12-21/h5-15,17H,16H2,1-4H3,(H,25,28). The van der Waals surface area contributed by atoms with E-state index >= 15 is 0 Å². The average Bonchev–Trinajstić information content (AvgIpc) is 2.99. The summed E-state index contributed by atoms with van der Waals surface area (Å²) in [6, 6.07) is 17.7. The number of amides is 1. The normalized spacial score (nSPS) is 11.2. The zero-order chi connectivity index (χ0) is 20.8. The van der Waals surface area contributed by atoms with Crippen LogP contribution in [0.5, 0.6) is 5.75 Å². The molecule has 0 aliphatic heterocycles. The Kier molecular flexibility index (Phi) is 6.50. The van der Waals surface area contributed by atoms with Gasteiger partial charge in [0, 0.05) is 29.4 Å². The number of nitrogens with zero attached hydrogens (tertiary/aromatic N) is 2. The van der Waals surface area contributed by atoms with Crippen molar-refractivity contribution < 1.29 is 9.53 Å². The number of carbonyl (C=O) groups is 1. The molecule has 0 fully saturated rings. The van der Waals surface area contributed by atoms with Crippen molar-refractivity contribution in [2.75, 3.05) is 0 Å². The van der Waals surface area contributed by atoms with E-state index in [4.69, 9.17) is 4.74 Å². The second-order valence-corrected chi connectivity index (χ2v) is 7.16. The van der Waals surface area contributed by atoms with Gasteiger partial charge in [0.15, 0.2) is 0 Å². The summed E-state index contributed by atoms with van der Waals surface area (Å²) in [4.78, 5) is 12.4. The van der Waals surface area contributed by atoms with Crippen molar-refractivity contribution in [3.05, 3.63) is 83.2 Å². The van der Waals surface area contributed by atoms with E-state index in [2.05, 4.69) is 10.4 Å². The first kappa shape index (κ1) is 20.4. The molecule has 0 aliphatic rings. The largest absolute Gasteiger partial charge is 0.491 e. The summed E-state index contributed by atoms with van der Waals surface area (Å²) in [5.41, 5.74) is 4.78. The van der Waals surface area contributed by atoms with Gasteiger partial charge in [0.05, 0.1) is 17.5 Å². The Morgan fingerprint density at radius 3 is 2.52 bits per heavy atom. The third-order valence-corrected chi connectivity index (χ3v) is 4.54. The first-order valence-electron chi connectivity index (χ1n) is 9.78. The van der Waals surface area contributed by atoms with E-state index in [1.54, 1.807) is 6.08 Å². The second-order valence-electron chi connectivity index (χ2n) is 7.16. The molecule has 3 aromatic rings. The fourth-order valence-electron chi connectivity index (χ4n) is 3.14. The number of hydrogen-bond donors (Lipinski definition) is 1. The van der Waals surface area contributed by atoms with Crippen LogP contribution in [0, 0.1) is 13.8 Å². The Balaban J connectivity index is 1.69. The number of nitrogens with one attached hydrogen (secondary N) is 1. The molecule has 3 rings (SSSR count). The monoisotopic (exact) mass is 389 g/mol. The predicted molar refractivity (Wildman–Crippen MR) is 116 cm³/mol. The van der Waals surface area contributed by atoms with E-state index in [0.29, 0.717) is 6.54 Å².